The van der Waals surface area contributed by atoms with Crippen molar-refractivity contribution in [3.8, 4) is 0 Å². The van der Waals surface area contributed by atoms with E-state index in [-0.39, 0.29) is 40.7 Å². The van der Waals surface area contributed by atoms with Gasteiger partial charge >= 0.3 is 11.9 Å². The average molecular weight is 411 g/mol. The lowest BCUT2D eigenvalue weighted by atomic mass is 9.80. The van der Waals surface area contributed by atoms with Crippen molar-refractivity contribution in [3.63, 3.8) is 0 Å². The van der Waals surface area contributed by atoms with Gasteiger partial charge in [0.05, 0.1) is 46.4 Å². The third-order valence-electron chi connectivity index (χ3n) is 4.34. The van der Waals surface area contributed by atoms with Gasteiger partial charge in [0.15, 0.2) is 0 Å². The summed E-state index contributed by atoms with van der Waals surface area (Å²) in [6.45, 7) is 2.86. The summed E-state index contributed by atoms with van der Waals surface area (Å²) in [5.41, 5.74) is 0.278. The molecule has 1 N–H and O–H groups in total. The summed E-state index contributed by atoms with van der Waals surface area (Å²) in [6.07, 6.45) is 0. The van der Waals surface area contributed by atoms with Crippen molar-refractivity contribution in [2.45, 2.75) is 19.8 Å². The Balaban J connectivity index is 2.73. The predicted octanol–water partition coefficient (Wildman–Crippen LogP) is 2.89. The van der Waals surface area contributed by atoms with Crippen molar-refractivity contribution in [1.29, 1.82) is 0 Å². The Morgan fingerprint density at radius 1 is 1.25 bits per heavy atom. The Kier molecular flexibility index (Phi) is 6.76. The lowest BCUT2D eigenvalue weighted by Gasteiger charge is -2.33. The molecule has 1 aromatic rings. The van der Waals surface area contributed by atoms with Crippen LogP contribution in [0.15, 0.2) is 46.8 Å². The van der Waals surface area contributed by atoms with Crippen LogP contribution in [0.3, 0.4) is 0 Å². The Labute approximate surface area is 165 Å². The van der Waals surface area contributed by atoms with E-state index in [1.54, 1.807) is 6.07 Å². The lowest BCUT2D eigenvalue weighted by Crippen LogP contribution is -2.33. The molecule has 1 aliphatic rings. The van der Waals surface area contributed by atoms with Crippen LogP contribution in [-0.4, -0.2) is 46.7 Å². The monoisotopic (exact) mass is 410 g/mol. The number of allylic oxidation sites excluding steroid dienone is 2. The second-order valence-electron chi connectivity index (χ2n) is 5.91. The average Bonchev–Trinajstić information content (AvgIpc) is 2.69. The van der Waals surface area contributed by atoms with Gasteiger partial charge in [-0.15, -0.1) is 11.6 Å². The minimum atomic E-state index is -1.03. The minimum absolute atomic E-state index is 0.0334. The van der Waals surface area contributed by atoms with Crippen LogP contribution in [0.4, 0.5) is 5.69 Å². The van der Waals surface area contributed by atoms with E-state index in [2.05, 4.69) is 0 Å². The Morgan fingerprint density at radius 2 is 1.86 bits per heavy atom. The molecule has 2 rings (SSSR count). The summed E-state index contributed by atoms with van der Waals surface area (Å²) < 4.78 is 9.92. The zero-order valence-electron chi connectivity index (χ0n) is 15.5. The third kappa shape index (κ3) is 4.00. The summed E-state index contributed by atoms with van der Waals surface area (Å²) in [6, 6.07) is 5.54. The van der Waals surface area contributed by atoms with E-state index in [1.807, 2.05) is 0 Å². The first kappa shape index (κ1) is 21.4. The molecule has 1 heterocycles. The second-order valence-corrected chi connectivity index (χ2v) is 6.29. The molecule has 0 radical (unpaired) electrons. The number of carbonyl (C=O) groups is 2. The van der Waals surface area contributed by atoms with E-state index in [4.69, 9.17) is 21.1 Å². The van der Waals surface area contributed by atoms with Gasteiger partial charge in [-0.25, -0.2) is 14.7 Å². The van der Waals surface area contributed by atoms with Crippen molar-refractivity contribution < 1.29 is 29.2 Å². The maximum atomic E-state index is 12.7. The number of hydroxylamine groups is 2. The molecule has 0 saturated carbocycles. The van der Waals surface area contributed by atoms with E-state index in [1.165, 1.54) is 32.0 Å². The van der Waals surface area contributed by atoms with E-state index in [0.29, 0.717) is 10.6 Å². The maximum absolute atomic E-state index is 12.7. The van der Waals surface area contributed by atoms with E-state index < -0.39 is 22.8 Å². The van der Waals surface area contributed by atoms with E-state index in [0.717, 1.165) is 7.11 Å². The van der Waals surface area contributed by atoms with Crippen LogP contribution in [0.25, 0.3) is 0 Å². The SMILES string of the molecule is COC(=O)C1=C(C)N(O)C(C)=C(C(=O)OCCCl)C1c1cccc([N+](=O)[O-])c1. The standard InChI is InChI=1S/C18H19ClN2O7/c1-10-14(17(22)27-3)16(12-5-4-6-13(9-12)21(25)26)15(11(2)20(10)24)18(23)28-8-7-19/h4-6,9,16,24H,7-8H2,1-3H3. The van der Waals surface area contributed by atoms with Crippen LogP contribution in [0, 0.1) is 10.1 Å². The van der Waals surface area contributed by atoms with Gasteiger partial charge in [-0.05, 0) is 19.4 Å². The third-order valence-corrected chi connectivity index (χ3v) is 4.50. The van der Waals surface area contributed by atoms with Gasteiger partial charge in [0.1, 0.15) is 6.61 Å². The molecule has 0 aromatic heterocycles. The molecule has 10 heteroatoms. The van der Waals surface area contributed by atoms with Gasteiger partial charge in [-0.3, -0.25) is 15.3 Å². The van der Waals surface area contributed by atoms with Gasteiger partial charge < -0.3 is 9.47 Å². The van der Waals surface area contributed by atoms with Crippen LogP contribution in [0.2, 0.25) is 0 Å². The normalized spacial score (nSPS) is 16.9. The van der Waals surface area contributed by atoms with Crippen molar-refractivity contribution >= 4 is 29.2 Å². The number of hydrogen-bond acceptors (Lipinski definition) is 8. The fourth-order valence-corrected chi connectivity index (χ4v) is 3.12. The zero-order valence-corrected chi connectivity index (χ0v) is 16.2. The van der Waals surface area contributed by atoms with Crippen molar-refractivity contribution in [3.05, 3.63) is 62.5 Å². The van der Waals surface area contributed by atoms with Crippen molar-refractivity contribution in [2.75, 3.05) is 19.6 Å². The molecule has 0 aliphatic carbocycles. The number of nitro benzene ring substituents is 1. The highest BCUT2D eigenvalue weighted by Gasteiger charge is 2.40. The number of nitro groups is 1. The number of methoxy groups -OCH3 is 1. The van der Waals surface area contributed by atoms with Crippen LogP contribution in [0.1, 0.15) is 25.3 Å². The van der Waals surface area contributed by atoms with Crippen LogP contribution in [0.5, 0.6) is 0 Å². The molecular formula is C18H19ClN2O7. The summed E-state index contributed by atoms with van der Waals surface area (Å²) in [4.78, 5) is 35.8. The first-order valence-corrected chi connectivity index (χ1v) is 8.74. The molecule has 1 unspecified atom stereocenters. The fourth-order valence-electron chi connectivity index (χ4n) is 3.04. The van der Waals surface area contributed by atoms with Crippen molar-refractivity contribution in [2.24, 2.45) is 0 Å². The highest BCUT2D eigenvalue weighted by Crippen LogP contribution is 2.42. The van der Waals surface area contributed by atoms with Gasteiger partial charge in [0, 0.05) is 12.1 Å². The summed E-state index contributed by atoms with van der Waals surface area (Å²) >= 11 is 5.57. The molecule has 0 spiro atoms. The maximum Gasteiger partial charge on any atom is 0.336 e. The van der Waals surface area contributed by atoms with Gasteiger partial charge in [0.2, 0.25) is 0 Å². The number of halogens is 1. The highest BCUT2D eigenvalue weighted by atomic mass is 35.5. The second kappa shape index (κ2) is 8.85. The molecule has 1 aliphatic heterocycles. The van der Waals surface area contributed by atoms with E-state index in [9.17, 15) is 24.9 Å². The molecule has 1 atom stereocenters. The molecule has 28 heavy (non-hydrogen) atoms. The number of esters is 2. The number of alkyl halides is 1. The molecule has 0 bridgehead atoms. The number of carbonyl (C=O) groups excluding carboxylic acids is 2. The summed E-state index contributed by atoms with van der Waals surface area (Å²) in [5.74, 6) is -2.56. The topological polar surface area (TPSA) is 119 Å². The zero-order chi connectivity index (χ0) is 21.0. The smallest absolute Gasteiger partial charge is 0.336 e. The molecule has 0 fully saturated rings. The molecular weight excluding hydrogens is 392 g/mol. The quantitative estimate of drug-likeness (QED) is 0.329. The Hall–Kier alpha value is -2.91. The number of non-ortho nitro benzene ring substituents is 1. The lowest BCUT2D eigenvalue weighted by molar-refractivity contribution is -0.384. The number of hydrogen-bond donors (Lipinski definition) is 1. The van der Waals surface area contributed by atoms with E-state index >= 15 is 0 Å². The van der Waals surface area contributed by atoms with Crippen LogP contribution in [-0.2, 0) is 19.1 Å². The molecule has 0 saturated heterocycles. The Morgan fingerprint density at radius 3 is 2.39 bits per heavy atom. The largest absolute Gasteiger partial charge is 0.466 e. The first-order valence-electron chi connectivity index (χ1n) is 8.20. The predicted molar refractivity (Wildman–Crippen MR) is 98.6 cm³/mol. The molecule has 150 valence electrons. The van der Waals surface area contributed by atoms with Crippen molar-refractivity contribution in [1.82, 2.24) is 5.06 Å². The summed E-state index contributed by atoms with van der Waals surface area (Å²) in [7, 11) is 1.16. The molecule has 1 aromatic carbocycles. The number of benzene rings is 1. The number of nitrogens with zero attached hydrogens (tertiary/aromatic N) is 2. The number of ether oxygens (including phenoxy) is 2. The minimum Gasteiger partial charge on any atom is -0.466 e. The number of rotatable bonds is 6. The molecule has 9 nitrogen and oxygen atoms in total. The summed E-state index contributed by atoms with van der Waals surface area (Å²) in [5, 5.41) is 22.3. The fraction of sp³-hybridized carbons (Fsp3) is 0.333. The van der Waals surface area contributed by atoms with Crippen LogP contribution < -0.4 is 0 Å². The van der Waals surface area contributed by atoms with Gasteiger partial charge in [0.25, 0.3) is 5.69 Å². The molecule has 0 amide bonds. The highest BCUT2D eigenvalue weighted by molar-refractivity contribution is 6.18. The Bertz CT molecular complexity index is 878. The van der Waals surface area contributed by atoms with Crippen LogP contribution >= 0.6 is 11.6 Å². The van der Waals surface area contributed by atoms with Gasteiger partial charge in [-0.2, -0.15) is 0 Å². The van der Waals surface area contributed by atoms with Gasteiger partial charge in [-0.1, -0.05) is 12.1 Å². The first-order chi connectivity index (χ1) is 13.2.